The lowest BCUT2D eigenvalue weighted by Gasteiger charge is -2.39. The number of nitriles is 1. The van der Waals surface area contributed by atoms with Gasteiger partial charge in [0.1, 0.15) is 11.5 Å². The SMILES string of the molecule is Cc1nc(-c2cc(C(=O)N3CC(c4ccc(C#N)cc4)C3)ccc2C)c(C(N)(F)F)[nH]1. The summed E-state index contributed by atoms with van der Waals surface area (Å²) in [4.78, 5) is 21.4. The number of amides is 1. The summed E-state index contributed by atoms with van der Waals surface area (Å²) >= 11 is 0. The maximum atomic E-state index is 13.9. The molecule has 8 heteroatoms. The minimum atomic E-state index is -3.57. The molecule has 1 saturated heterocycles. The van der Waals surface area contributed by atoms with Gasteiger partial charge in [0.25, 0.3) is 5.91 Å². The van der Waals surface area contributed by atoms with E-state index in [1.807, 2.05) is 12.1 Å². The van der Waals surface area contributed by atoms with Crippen molar-refractivity contribution in [2.24, 2.45) is 5.73 Å². The molecule has 3 N–H and O–H groups in total. The first-order valence-electron chi connectivity index (χ1n) is 9.81. The first kappa shape index (κ1) is 20.7. The molecule has 1 amide bonds. The zero-order chi connectivity index (χ0) is 22.3. The second-order valence-corrected chi connectivity index (χ2v) is 7.84. The van der Waals surface area contributed by atoms with Gasteiger partial charge in [0.2, 0.25) is 0 Å². The molecule has 0 spiro atoms. The average molecular weight is 421 g/mol. The molecule has 0 saturated carbocycles. The highest BCUT2D eigenvalue weighted by Gasteiger charge is 2.34. The Balaban J connectivity index is 1.56. The summed E-state index contributed by atoms with van der Waals surface area (Å²) in [6, 6.07) is 10.9. The summed E-state index contributed by atoms with van der Waals surface area (Å²) in [6.45, 7) is 4.46. The van der Waals surface area contributed by atoms with E-state index in [-0.39, 0.29) is 17.5 Å². The van der Waals surface area contributed by atoms with E-state index in [2.05, 4.69) is 16.0 Å². The van der Waals surface area contributed by atoms with Crippen LogP contribution in [0.4, 0.5) is 8.78 Å². The van der Waals surface area contributed by atoms with Crippen LogP contribution in [0.3, 0.4) is 0 Å². The molecule has 0 bridgehead atoms. The molecule has 0 radical (unpaired) electrons. The number of nitrogens with zero attached hydrogens (tertiary/aromatic N) is 3. The first-order chi connectivity index (χ1) is 14.7. The van der Waals surface area contributed by atoms with Gasteiger partial charge in [-0.1, -0.05) is 18.2 Å². The lowest BCUT2D eigenvalue weighted by Crippen LogP contribution is -2.48. The van der Waals surface area contributed by atoms with Crippen LogP contribution in [0.2, 0.25) is 0 Å². The predicted octanol–water partition coefficient (Wildman–Crippen LogP) is 3.81. The second-order valence-electron chi connectivity index (χ2n) is 7.84. The van der Waals surface area contributed by atoms with E-state index in [0.29, 0.717) is 41.2 Å². The number of hydrogen-bond donors (Lipinski definition) is 2. The van der Waals surface area contributed by atoms with Crippen LogP contribution in [-0.4, -0.2) is 33.9 Å². The normalized spacial score (nSPS) is 14.3. The van der Waals surface area contributed by atoms with Crippen LogP contribution in [0.25, 0.3) is 11.3 Å². The van der Waals surface area contributed by atoms with Gasteiger partial charge in [0, 0.05) is 30.1 Å². The second kappa shape index (κ2) is 7.60. The molecule has 1 aromatic heterocycles. The van der Waals surface area contributed by atoms with Crippen LogP contribution in [-0.2, 0) is 6.05 Å². The van der Waals surface area contributed by atoms with Crippen molar-refractivity contribution >= 4 is 5.91 Å². The zero-order valence-electron chi connectivity index (χ0n) is 17.1. The van der Waals surface area contributed by atoms with Crippen molar-refractivity contribution in [3.05, 3.63) is 76.2 Å². The van der Waals surface area contributed by atoms with Crippen molar-refractivity contribution < 1.29 is 13.6 Å². The van der Waals surface area contributed by atoms with E-state index in [9.17, 15) is 13.6 Å². The number of nitrogens with two attached hydrogens (primary N) is 1. The van der Waals surface area contributed by atoms with Crippen molar-refractivity contribution in [2.45, 2.75) is 25.8 Å². The number of hydrogen-bond acceptors (Lipinski definition) is 4. The number of imidazole rings is 1. The topological polar surface area (TPSA) is 98.8 Å². The standard InChI is InChI=1S/C23H21F2N5O/c1-13-3-6-17(9-19(13)20-21(23(24,25)27)29-14(2)28-20)22(31)30-11-18(12-30)16-7-4-15(10-26)5-8-16/h3-9,18H,11-12,27H2,1-2H3,(H,28,29). The Morgan fingerprint density at radius 3 is 2.52 bits per heavy atom. The molecule has 3 aromatic rings. The number of aromatic amines is 1. The van der Waals surface area contributed by atoms with Gasteiger partial charge in [0.05, 0.1) is 17.3 Å². The third kappa shape index (κ3) is 3.92. The number of nitrogens with one attached hydrogen (secondary N) is 1. The summed E-state index contributed by atoms with van der Waals surface area (Å²) in [7, 11) is 0. The number of rotatable bonds is 4. The fourth-order valence-electron chi connectivity index (χ4n) is 3.81. The summed E-state index contributed by atoms with van der Waals surface area (Å²) < 4.78 is 27.7. The van der Waals surface area contributed by atoms with Gasteiger partial charge in [0.15, 0.2) is 0 Å². The minimum Gasteiger partial charge on any atom is -0.339 e. The number of aryl methyl sites for hydroxylation is 2. The van der Waals surface area contributed by atoms with Crippen LogP contribution < -0.4 is 5.73 Å². The molecule has 0 atom stereocenters. The van der Waals surface area contributed by atoms with Crippen LogP contribution in [0.15, 0.2) is 42.5 Å². The van der Waals surface area contributed by atoms with E-state index in [0.717, 1.165) is 5.56 Å². The lowest BCUT2D eigenvalue weighted by atomic mass is 9.90. The maximum Gasteiger partial charge on any atom is 0.343 e. The Kier molecular flexibility index (Phi) is 5.07. The van der Waals surface area contributed by atoms with E-state index >= 15 is 0 Å². The quantitative estimate of drug-likeness (QED) is 0.626. The Morgan fingerprint density at radius 1 is 1.23 bits per heavy atom. The molecular weight excluding hydrogens is 400 g/mol. The van der Waals surface area contributed by atoms with Crippen LogP contribution >= 0.6 is 0 Å². The number of aromatic nitrogens is 2. The smallest absolute Gasteiger partial charge is 0.339 e. The number of halogens is 2. The fraction of sp³-hybridized carbons (Fsp3) is 0.261. The van der Waals surface area contributed by atoms with Gasteiger partial charge in [-0.05, 0) is 49.2 Å². The predicted molar refractivity (Wildman–Crippen MR) is 111 cm³/mol. The molecular formula is C23H21F2N5O. The number of H-pyrrole nitrogens is 1. The fourth-order valence-corrected chi connectivity index (χ4v) is 3.81. The van der Waals surface area contributed by atoms with E-state index in [1.54, 1.807) is 49.1 Å². The summed E-state index contributed by atoms with van der Waals surface area (Å²) in [6.07, 6.45) is 0. The monoisotopic (exact) mass is 421 g/mol. The number of carbonyl (C=O) groups excluding carboxylic acids is 1. The first-order valence-corrected chi connectivity index (χ1v) is 9.81. The molecule has 2 heterocycles. The largest absolute Gasteiger partial charge is 0.343 e. The van der Waals surface area contributed by atoms with E-state index in [1.165, 1.54) is 0 Å². The molecule has 158 valence electrons. The molecule has 1 aliphatic rings. The molecule has 1 aliphatic heterocycles. The Labute approximate surface area is 178 Å². The van der Waals surface area contributed by atoms with E-state index in [4.69, 9.17) is 11.0 Å². The Hall–Kier alpha value is -3.57. The summed E-state index contributed by atoms with van der Waals surface area (Å²) in [5, 5.41) is 8.91. The van der Waals surface area contributed by atoms with E-state index < -0.39 is 11.7 Å². The maximum absolute atomic E-state index is 13.9. The van der Waals surface area contributed by atoms with Gasteiger partial charge in [-0.2, -0.15) is 14.0 Å². The molecule has 0 unspecified atom stereocenters. The number of benzene rings is 2. The van der Waals surface area contributed by atoms with Crippen LogP contribution in [0.5, 0.6) is 0 Å². The summed E-state index contributed by atoms with van der Waals surface area (Å²) in [5.74, 6) is 0.358. The Morgan fingerprint density at radius 2 is 1.90 bits per heavy atom. The third-order valence-electron chi connectivity index (χ3n) is 5.58. The molecule has 6 nitrogen and oxygen atoms in total. The highest BCUT2D eigenvalue weighted by Crippen LogP contribution is 2.34. The molecule has 2 aromatic carbocycles. The van der Waals surface area contributed by atoms with Gasteiger partial charge < -0.3 is 9.88 Å². The Bertz CT molecular complexity index is 1180. The average Bonchev–Trinajstić information content (AvgIpc) is 3.09. The van der Waals surface area contributed by atoms with Gasteiger partial charge >= 0.3 is 6.05 Å². The number of carbonyl (C=O) groups is 1. The van der Waals surface area contributed by atoms with Crippen molar-refractivity contribution in [3.63, 3.8) is 0 Å². The van der Waals surface area contributed by atoms with Gasteiger partial charge in [-0.25, -0.2) is 4.98 Å². The van der Waals surface area contributed by atoms with Crippen molar-refractivity contribution in [1.82, 2.24) is 14.9 Å². The highest BCUT2D eigenvalue weighted by molar-refractivity contribution is 5.96. The minimum absolute atomic E-state index is 0.0521. The molecule has 4 rings (SSSR count). The zero-order valence-corrected chi connectivity index (χ0v) is 17.1. The van der Waals surface area contributed by atoms with Crippen LogP contribution in [0.1, 0.15) is 44.5 Å². The van der Waals surface area contributed by atoms with Crippen LogP contribution in [0, 0.1) is 25.2 Å². The highest BCUT2D eigenvalue weighted by atomic mass is 19.3. The van der Waals surface area contributed by atoms with Gasteiger partial charge in [-0.3, -0.25) is 10.5 Å². The van der Waals surface area contributed by atoms with Crippen molar-refractivity contribution in [2.75, 3.05) is 13.1 Å². The third-order valence-corrected chi connectivity index (χ3v) is 5.58. The van der Waals surface area contributed by atoms with Gasteiger partial charge in [-0.15, -0.1) is 0 Å². The molecule has 31 heavy (non-hydrogen) atoms. The number of alkyl halides is 2. The van der Waals surface area contributed by atoms with Crippen molar-refractivity contribution in [3.8, 4) is 17.3 Å². The summed E-state index contributed by atoms with van der Waals surface area (Å²) in [5.41, 5.74) is 7.85. The molecule has 0 aliphatic carbocycles. The van der Waals surface area contributed by atoms with Crippen molar-refractivity contribution in [1.29, 1.82) is 5.26 Å². The lowest BCUT2D eigenvalue weighted by molar-refractivity contribution is -0.000653. The number of likely N-dealkylation sites (tertiary alicyclic amines) is 1. The molecule has 1 fully saturated rings.